The summed E-state index contributed by atoms with van der Waals surface area (Å²) in [6, 6.07) is 27.0. The fourth-order valence-electron chi connectivity index (χ4n) is 6.05. The lowest BCUT2D eigenvalue weighted by atomic mass is 9.97. The Morgan fingerprint density at radius 3 is 2.08 bits per heavy atom. The van der Waals surface area contributed by atoms with Crippen LogP contribution in [-0.2, 0) is 12.8 Å². The molecule has 0 radical (unpaired) electrons. The van der Waals surface area contributed by atoms with E-state index in [2.05, 4.69) is 82.6 Å². The van der Waals surface area contributed by atoms with E-state index in [0.29, 0.717) is 0 Å². The molecule has 0 atom stereocenters. The zero-order valence-corrected chi connectivity index (χ0v) is 23.4. The van der Waals surface area contributed by atoms with Crippen molar-refractivity contribution in [1.82, 2.24) is 9.80 Å². The van der Waals surface area contributed by atoms with E-state index in [1.165, 1.54) is 108 Å². The highest BCUT2D eigenvalue weighted by Gasteiger charge is 2.15. The second kappa shape index (κ2) is 12.5. The van der Waals surface area contributed by atoms with Crippen LogP contribution in [0.25, 0.3) is 20.5 Å². The normalized spacial score (nSPS) is 16.5. The highest BCUT2D eigenvalue weighted by molar-refractivity contribution is 7.22. The van der Waals surface area contributed by atoms with Crippen molar-refractivity contribution in [2.45, 2.75) is 44.9 Å². The molecule has 0 N–H and O–H groups in total. The van der Waals surface area contributed by atoms with Gasteiger partial charge >= 0.3 is 0 Å². The number of hydrogen-bond acceptors (Lipinski definition) is 4. The first-order chi connectivity index (χ1) is 18.8. The van der Waals surface area contributed by atoms with Crippen molar-refractivity contribution in [3.8, 4) is 16.2 Å². The highest BCUT2D eigenvalue weighted by atomic mass is 32.1. The van der Waals surface area contributed by atoms with Gasteiger partial charge in [-0.05, 0) is 136 Å². The minimum atomic E-state index is 0.766. The molecular weight excluding hydrogens is 484 g/mol. The Bertz CT molecular complexity index is 1300. The zero-order valence-electron chi connectivity index (χ0n) is 22.5. The number of aryl methyl sites for hydroxylation is 1. The van der Waals surface area contributed by atoms with Gasteiger partial charge in [0.1, 0.15) is 12.4 Å². The topological polar surface area (TPSA) is 15.7 Å². The molecule has 3 nitrogen and oxygen atoms in total. The van der Waals surface area contributed by atoms with Gasteiger partial charge in [0.15, 0.2) is 0 Å². The van der Waals surface area contributed by atoms with Crippen LogP contribution in [0.1, 0.15) is 48.8 Å². The average Bonchev–Trinajstić information content (AvgIpc) is 3.73. The Hall–Kier alpha value is -2.66. The van der Waals surface area contributed by atoms with Crippen LogP contribution < -0.4 is 4.74 Å². The van der Waals surface area contributed by atoms with Crippen LogP contribution in [0.4, 0.5) is 0 Å². The van der Waals surface area contributed by atoms with Crippen LogP contribution in [-0.4, -0.2) is 55.7 Å². The van der Waals surface area contributed by atoms with Crippen LogP contribution >= 0.6 is 11.3 Å². The molecule has 38 heavy (non-hydrogen) atoms. The van der Waals surface area contributed by atoms with Gasteiger partial charge in [-0.15, -0.1) is 11.3 Å². The Kier molecular flexibility index (Phi) is 8.40. The van der Waals surface area contributed by atoms with Gasteiger partial charge in [-0.25, -0.2) is 0 Å². The van der Waals surface area contributed by atoms with E-state index in [4.69, 9.17) is 4.74 Å². The molecule has 0 bridgehead atoms. The number of likely N-dealkylation sites (tertiary alicyclic amines) is 2. The molecule has 4 heteroatoms. The monoisotopic (exact) mass is 524 g/mol. The van der Waals surface area contributed by atoms with Gasteiger partial charge in [-0.3, -0.25) is 4.90 Å². The maximum Gasteiger partial charge on any atom is 0.119 e. The van der Waals surface area contributed by atoms with Gasteiger partial charge in [-0.2, -0.15) is 0 Å². The highest BCUT2D eigenvalue weighted by Crippen LogP contribution is 2.40. The third-order valence-electron chi connectivity index (χ3n) is 8.23. The van der Waals surface area contributed by atoms with Crippen molar-refractivity contribution in [3.63, 3.8) is 0 Å². The lowest BCUT2D eigenvalue weighted by Gasteiger charge is -2.15. The number of nitrogens with zero attached hydrogens (tertiary/aromatic N) is 2. The van der Waals surface area contributed by atoms with E-state index in [1.807, 2.05) is 11.3 Å². The number of fused-ring (bicyclic) bond motifs is 1. The first-order valence-electron chi connectivity index (χ1n) is 14.6. The second-order valence-electron chi connectivity index (χ2n) is 11.0. The summed E-state index contributed by atoms with van der Waals surface area (Å²) in [6.07, 6.45) is 8.81. The van der Waals surface area contributed by atoms with Gasteiger partial charge in [0.25, 0.3) is 0 Å². The maximum absolute atomic E-state index is 6.07. The van der Waals surface area contributed by atoms with Crippen LogP contribution in [0.3, 0.4) is 0 Å². The number of rotatable bonds is 11. The molecular formula is C34H40N2OS. The van der Waals surface area contributed by atoms with E-state index in [1.54, 1.807) is 0 Å². The number of benzene rings is 3. The summed E-state index contributed by atoms with van der Waals surface area (Å²) < 4.78 is 7.43. The lowest BCUT2D eigenvalue weighted by Crippen LogP contribution is -2.25. The average molecular weight is 525 g/mol. The van der Waals surface area contributed by atoms with Crippen molar-refractivity contribution in [2.24, 2.45) is 0 Å². The first-order valence-corrected chi connectivity index (χ1v) is 15.4. The molecule has 2 fully saturated rings. The Balaban J connectivity index is 1.13. The molecule has 3 heterocycles. The molecule has 0 unspecified atom stereocenters. The smallest absolute Gasteiger partial charge is 0.119 e. The van der Waals surface area contributed by atoms with Crippen LogP contribution in [0, 0.1) is 0 Å². The minimum absolute atomic E-state index is 0.766. The summed E-state index contributed by atoms with van der Waals surface area (Å²) in [4.78, 5) is 6.49. The fraction of sp³-hybridized carbons (Fsp3) is 0.412. The van der Waals surface area contributed by atoms with Crippen molar-refractivity contribution in [3.05, 3.63) is 89.5 Å². The molecule has 0 spiro atoms. The summed E-state index contributed by atoms with van der Waals surface area (Å²) in [5.74, 6) is 0.968. The summed E-state index contributed by atoms with van der Waals surface area (Å²) in [5, 5.41) is 1.38. The largest absolute Gasteiger partial charge is 0.492 e. The standard InChI is InChI=1S/C34H40N2OS/c1-2-10-33-31(9-1)32(26-28-13-11-27(12-14-28)8-7-23-35-19-3-4-20-35)34(38-33)29-15-17-30(18-16-29)37-25-24-36-21-5-6-22-36/h1-2,9-18H,3-8,19-26H2. The Morgan fingerprint density at radius 2 is 1.34 bits per heavy atom. The van der Waals surface area contributed by atoms with Gasteiger partial charge in [0.2, 0.25) is 0 Å². The molecule has 4 aromatic rings. The lowest BCUT2D eigenvalue weighted by molar-refractivity contribution is 0.238. The number of hydrogen-bond donors (Lipinski definition) is 0. The van der Waals surface area contributed by atoms with Crippen molar-refractivity contribution < 1.29 is 4.74 Å². The van der Waals surface area contributed by atoms with E-state index in [0.717, 1.165) is 25.3 Å². The van der Waals surface area contributed by atoms with Crippen LogP contribution in [0.15, 0.2) is 72.8 Å². The first kappa shape index (κ1) is 25.6. The maximum atomic E-state index is 6.07. The Labute approximate surface area is 232 Å². The Morgan fingerprint density at radius 1 is 0.684 bits per heavy atom. The van der Waals surface area contributed by atoms with E-state index < -0.39 is 0 Å². The molecule has 0 saturated carbocycles. The van der Waals surface area contributed by atoms with Crippen molar-refractivity contribution in [2.75, 3.05) is 45.9 Å². The van der Waals surface area contributed by atoms with E-state index in [-0.39, 0.29) is 0 Å². The molecule has 2 aliphatic heterocycles. The van der Waals surface area contributed by atoms with Gasteiger partial charge in [0, 0.05) is 16.1 Å². The predicted molar refractivity (Wildman–Crippen MR) is 162 cm³/mol. The predicted octanol–water partition coefficient (Wildman–Crippen LogP) is 7.66. The summed E-state index contributed by atoms with van der Waals surface area (Å²) in [7, 11) is 0. The molecule has 2 saturated heterocycles. The van der Waals surface area contributed by atoms with E-state index >= 15 is 0 Å². The molecule has 3 aromatic carbocycles. The molecule has 198 valence electrons. The summed E-state index contributed by atoms with van der Waals surface area (Å²) >= 11 is 1.91. The molecule has 0 amide bonds. The molecule has 1 aromatic heterocycles. The summed E-state index contributed by atoms with van der Waals surface area (Å²) in [6.45, 7) is 8.07. The van der Waals surface area contributed by atoms with Gasteiger partial charge in [0.05, 0.1) is 0 Å². The fourth-order valence-corrected chi connectivity index (χ4v) is 7.28. The number of ether oxygens (including phenoxy) is 1. The molecule has 6 rings (SSSR count). The molecule has 0 aliphatic carbocycles. The number of thiophene rings is 1. The SMILES string of the molecule is c1ccc2c(Cc3ccc(CCCN4CCCC4)cc3)c(-c3ccc(OCCN4CCCC4)cc3)sc2c1. The quantitative estimate of drug-likeness (QED) is 0.200. The molecule has 2 aliphatic rings. The third-order valence-corrected chi connectivity index (χ3v) is 9.49. The summed E-state index contributed by atoms with van der Waals surface area (Å²) in [5.41, 5.74) is 5.57. The van der Waals surface area contributed by atoms with Crippen molar-refractivity contribution >= 4 is 21.4 Å². The van der Waals surface area contributed by atoms with E-state index in [9.17, 15) is 0 Å². The van der Waals surface area contributed by atoms with Crippen LogP contribution in [0.2, 0.25) is 0 Å². The van der Waals surface area contributed by atoms with Gasteiger partial charge < -0.3 is 9.64 Å². The minimum Gasteiger partial charge on any atom is -0.492 e. The van der Waals surface area contributed by atoms with Gasteiger partial charge in [-0.1, -0.05) is 42.5 Å². The zero-order chi connectivity index (χ0) is 25.6. The third kappa shape index (κ3) is 6.31. The second-order valence-corrected chi connectivity index (χ2v) is 12.0. The van der Waals surface area contributed by atoms with Crippen LogP contribution in [0.5, 0.6) is 5.75 Å². The van der Waals surface area contributed by atoms with Crippen molar-refractivity contribution in [1.29, 1.82) is 0 Å².